The summed E-state index contributed by atoms with van der Waals surface area (Å²) in [5.74, 6) is 2.09. The molecule has 1 N–H and O–H groups in total. The number of fused-ring (bicyclic) bond motifs is 2. The molecule has 5 rings (SSSR count). The number of hydrogen-bond donors (Lipinski definition) is 1. The van der Waals surface area contributed by atoms with Gasteiger partial charge in [-0.05, 0) is 25.0 Å². The van der Waals surface area contributed by atoms with Gasteiger partial charge in [0.05, 0.1) is 31.7 Å². The molecular weight excluding hydrogens is 428 g/mol. The van der Waals surface area contributed by atoms with Crippen LogP contribution in [0.5, 0.6) is 5.75 Å². The van der Waals surface area contributed by atoms with Gasteiger partial charge in [-0.2, -0.15) is 0 Å². The molecule has 1 aromatic heterocycles. The van der Waals surface area contributed by atoms with Crippen LogP contribution in [0.3, 0.4) is 0 Å². The first kappa shape index (κ1) is 21.1. The summed E-state index contributed by atoms with van der Waals surface area (Å²) in [5.41, 5.74) is 1.49. The second-order valence-electron chi connectivity index (χ2n) is 8.44. The Morgan fingerprint density at radius 1 is 1.31 bits per heavy atom. The van der Waals surface area contributed by atoms with E-state index in [-0.39, 0.29) is 42.8 Å². The van der Waals surface area contributed by atoms with Crippen LogP contribution in [0.25, 0.3) is 11.3 Å². The average molecular weight is 455 g/mol. The summed E-state index contributed by atoms with van der Waals surface area (Å²) in [5, 5.41) is 7.76. The van der Waals surface area contributed by atoms with Gasteiger partial charge >= 0.3 is 0 Å². The van der Waals surface area contributed by atoms with Gasteiger partial charge in [0.15, 0.2) is 10.9 Å². The highest BCUT2D eigenvalue weighted by atomic mass is 32.2. The van der Waals surface area contributed by atoms with Crippen LogP contribution in [0, 0.1) is 5.92 Å². The molecule has 8 nitrogen and oxygen atoms in total. The smallest absolute Gasteiger partial charge is 0.234 e. The minimum Gasteiger partial charge on any atom is -0.497 e. The molecule has 1 aliphatic carbocycles. The van der Waals surface area contributed by atoms with E-state index in [1.807, 2.05) is 30.3 Å². The first-order chi connectivity index (χ1) is 15.6. The Morgan fingerprint density at radius 3 is 3.06 bits per heavy atom. The highest BCUT2D eigenvalue weighted by Crippen LogP contribution is 2.38. The Balaban J connectivity index is 1.18. The maximum absolute atomic E-state index is 13.1. The van der Waals surface area contributed by atoms with Gasteiger partial charge < -0.3 is 14.6 Å². The fourth-order valence-electron chi connectivity index (χ4n) is 4.65. The molecule has 3 heterocycles. The van der Waals surface area contributed by atoms with Gasteiger partial charge in [-0.3, -0.25) is 19.5 Å². The first-order valence-corrected chi connectivity index (χ1v) is 12.0. The monoisotopic (exact) mass is 454 g/mol. The standard InChI is InChI=1S/C23H26N4O4S/c1-30-17-6-4-5-14(9-17)20-10-15(26-31-20)12-24-21(28)11-16-13-32-23-25-19-8-3-2-7-18(19)22(29)27(16)23/h4-6,9-10,16,18-19H,2-3,7-8,11-13H2,1H3,(H,24,28). The number of benzene rings is 1. The van der Waals surface area contributed by atoms with E-state index in [2.05, 4.69) is 10.5 Å². The number of rotatable bonds is 6. The number of carbonyl (C=O) groups is 2. The van der Waals surface area contributed by atoms with Crippen molar-refractivity contribution in [2.45, 2.75) is 50.7 Å². The molecule has 0 bridgehead atoms. The molecule has 3 aliphatic rings. The third-order valence-corrected chi connectivity index (χ3v) is 7.45. The molecule has 1 saturated heterocycles. The van der Waals surface area contributed by atoms with Crippen molar-refractivity contribution in [1.82, 2.24) is 15.4 Å². The molecule has 2 amide bonds. The number of ether oxygens (including phenoxy) is 1. The maximum Gasteiger partial charge on any atom is 0.234 e. The molecule has 1 aromatic carbocycles. The SMILES string of the molecule is COc1cccc(-c2cc(CNC(=O)CC3CSC4=NC5CCCCC5C(=O)N43)no2)c1. The van der Waals surface area contributed by atoms with Gasteiger partial charge in [-0.1, -0.05) is 41.9 Å². The molecule has 3 unspecified atom stereocenters. The van der Waals surface area contributed by atoms with Gasteiger partial charge in [-0.25, -0.2) is 0 Å². The quantitative estimate of drug-likeness (QED) is 0.720. The number of carbonyl (C=O) groups excluding carboxylic acids is 2. The topological polar surface area (TPSA) is 97.0 Å². The van der Waals surface area contributed by atoms with Crippen molar-refractivity contribution in [3.8, 4) is 17.1 Å². The molecule has 32 heavy (non-hydrogen) atoms. The predicted molar refractivity (Wildman–Crippen MR) is 121 cm³/mol. The molecule has 0 radical (unpaired) electrons. The predicted octanol–water partition coefficient (Wildman–Crippen LogP) is 3.23. The van der Waals surface area contributed by atoms with Crippen LogP contribution in [0.15, 0.2) is 39.8 Å². The van der Waals surface area contributed by atoms with Crippen molar-refractivity contribution in [2.24, 2.45) is 10.9 Å². The molecule has 1 saturated carbocycles. The number of aliphatic imine (C=N–C) groups is 1. The number of hydrogen-bond acceptors (Lipinski definition) is 7. The number of methoxy groups -OCH3 is 1. The summed E-state index contributed by atoms with van der Waals surface area (Å²) < 4.78 is 10.7. The molecule has 2 fully saturated rings. The van der Waals surface area contributed by atoms with Crippen molar-refractivity contribution in [1.29, 1.82) is 0 Å². The van der Waals surface area contributed by atoms with Crippen molar-refractivity contribution in [3.63, 3.8) is 0 Å². The number of amides is 2. The van der Waals surface area contributed by atoms with Gasteiger partial charge in [0, 0.05) is 23.8 Å². The average Bonchev–Trinajstić information content (AvgIpc) is 3.45. The van der Waals surface area contributed by atoms with E-state index in [4.69, 9.17) is 14.3 Å². The second-order valence-corrected chi connectivity index (χ2v) is 9.43. The molecule has 9 heteroatoms. The summed E-state index contributed by atoms with van der Waals surface area (Å²) in [7, 11) is 1.61. The zero-order valence-corrected chi connectivity index (χ0v) is 18.8. The van der Waals surface area contributed by atoms with Crippen LogP contribution in [-0.2, 0) is 16.1 Å². The second kappa shape index (κ2) is 8.97. The number of amidine groups is 1. The molecule has 3 atom stereocenters. The minimum atomic E-state index is -0.140. The first-order valence-electron chi connectivity index (χ1n) is 11.0. The van der Waals surface area contributed by atoms with Crippen LogP contribution >= 0.6 is 11.8 Å². The lowest BCUT2D eigenvalue weighted by Crippen LogP contribution is -2.51. The van der Waals surface area contributed by atoms with Crippen LogP contribution in [-0.4, -0.2) is 52.0 Å². The Bertz CT molecular complexity index is 1050. The van der Waals surface area contributed by atoms with Crippen molar-refractivity contribution in [2.75, 3.05) is 12.9 Å². The van der Waals surface area contributed by atoms with Crippen LogP contribution in [0.1, 0.15) is 37.8 Å². The summed E-state index contributed by atoms with van der Waals surface area (Å²) in [6.07, 6.45) is 4.38. The molecule has 2 aromatic rings. The number of thioether (sulfide) groups is 1. The van der Waals surface area contributed by atoms with E-state index in [1.54, 1.807) is 23.8 Å². The Kier molecular flexibility index (Phi) is 5.91. The Morgan fingerprint density at radius 2 is 2.19 bits per heavy atom. The molecule has 0 spiro atoms. The van der Waals surface area contributed by atoms with Crippen molar-refractivity contribution >= 4 is 28.7 Å². The van der Waals surface area contributed by atoms with Gasteiger partial charge in [0.2, 0.25) is 11.8 Å². The van der Waals surface area contributed by atoms with E-state index in [9.17, 15) is 9.59 Å². The lowest BCUT2D eigenvalue weighted by atomic mass is 9.83. The molecule has 168 valence electrons. The Hall–Kier alpha value is -2.81. The number of nitrogens with one attached hydrogen (secondary N) is 1. The van der Waals surface area contributed by atoms with E-state index in [0.717, 1.165) is 42.2 Å². The van der Waals surface area contributed by atoms with Gasteiger partial charge in [0.1, 0.15) is 11.4 Å². The minimum absolute atomic E-state index is 0.0121. The van der Waals surface area contributed by atoms with Gasteiger partial charge in [0.25, 0.3) is 0 Å². The van der Waals surface area contributed by atoms with E-state index >= 15 is 0 Å². The van der Waals surface area contributed by atoms with Crippen LogP contribution in [0.2, 0.25) is 0 Å². The van der Waals surface area contributed by atoms with E-state index < -0.39 is 0 Å². The third-order valence-electron chi connectivity index (χ3n) is 6.34. The normalized spacial score (nSPS) is 24.5. The van der Waals surface area contributed by atoms with Crippen LogP contribution < -0.4 is 10.1 Å². The fourth-order valence-corrected chi connectivity index (χ4v) is 5.85. The zero-order valence-electron chi connectivity index (χ0n) is 18.0. The van der Waals surface area contributed by atoms with Gasteiger partial charge in [-0.15, -0.1) is 0 Å². The van der Waals surface area contributed by atoms with Crippen LogP contribution in [0.4, 0.5) is 0 Å². The molecular formula is C23H26N4O4S. The summed E-state index contributed by atoms with van der Waals surface area (Å²) in [6, 6.07) is 9.32. The number of nitrogens with zero attached hydrogens (tertiary/aromatic N) is 3. The zero-order chi connectivity index (χ0) is 22.1. The fraction of sp³-hybridized carbons (Fsp3) is 0.478. The Labute approximate surface area is 190 Å². The largest absolute Gasteiger partial charge is 0.497 e. The highest BCUT2D eigenvalue weighted by molar-refractivity contribution is 8.14. The highest BCUT2D eigenvalue weighted by Gasteiger charge is 2.45. The summed E-state index contributed by atoms with van der Waals surface area (Å²) in [6.45, 7) is 0.270. The van der Waals surface area contributed by atoms with E-state index in [0.29, 0.717) is 17.2 Å². The summed E-state index contributed by atoms with van der Waals surface area (Å²) >= 11 is 1.59. The maximum atomic E-state index is 13.1. The lowest BCUT2D eigenvalue weighted by Gasteiger charge is -2.37. The van der Waals surface area contributed by atoms with Crippen molar-refractivity contribution in [3.05, 3.63) is 36.0 Å². The summed E-state index contributed by atoms with van der Waals surface area (Å²) in [4.78, 5) is 32.3. The third kappa shape index (κ3) is 4.13. The van der Waals surface area contributed by atoms with E-state index in [1.165, 1.54) is 0 Å². The number of aromatic nitrogens is 1. The molecule has 2 aliphatic heterocycles. The lowest BCUT2D eigenvalue weighted by molar-refractivity contribution is -0.135. The van der Waals surface area contributed by atoms with Crippen molar-refractivity contribution < 1.29 is 18.8 Å².